The number of hydrogen-bond donors (Lipinski definition) is 5. The van der Waals surface area contributed by atoms with Crippen LogP contribution in [0.1, 0.15) is 19.8 Å². The molecule has 4 aliphatic rings. The molecule has 0 bridgehead atoms. The summed E-state index contributed by atoms with van der Waals surface area (Å²) >= 11 is 0. The van der Waals surface area contributed by atoms with Crippen LogP contribution < -0.4 is 10.6 Å². The Morgan fingerprint density at radius 3 is 2.88 bits per heavy atom. The van der Waals surface area contributed by atoms with Gasteiger partial charge in [0.15, 0.2) is 0 Å². The molecule has 10 heteroatoms. The van der Waals surface area contributed by atoms with Gasteiger partial charge in [-0.05, 0) is 6.92 Å². The van der Waals surface area contributed by atoms with Crippen molar-refractivity contribution in [1.82, 2.24) is 20.4 Å². The molecule has 0 radical (unpaired) electrons. The number of carbonyl (C=O) groups is 1. The molecule has 0 aromatic rings. The number of guanidine groups is 1. The second-order valence-corrected chi connectivity index (χ2v) is 6.81. The molecule has 0 spiro atoms. The van der Waals surface area contributed by atoms with Gasteiger partial charge in [-0.3, -0.25) is 15.0 Å². The second-order valence-electron chi connectivity index (χ2n) is 6.81. The Bertz CT molecular complexity index is 560. The van der Waals surface area contributed by atoms with Crippen LogP contribution in [0.2, 0.25) is 0 Å². The maximum absolute atomic E-state index is 12.7. The molecule has 4 heterocycles. The first-order chi connectivity index (χ1) is 11.5. The fourth-order valence-electron chi connectivity index (χ4n) is 3.85. The minimum Gasteiger partial charge on any atom is -0.394 e. The average molecular weight is 341 g/mol. The number of fused-ring (bicyclic) bond motifs is 2. The maximum Gasteiger partial charge on any atom is 0.252 e. The van der Waals surface area contributed by atoms with Gasteiger partial charge in [0, 0.05) is 18.9 Å². The Hall–Kier alpha value is -1.30. The van der Waals surface area contributed by atoms with E-state index < -0.39 is 36.9 Å². The lowest BCUT2D eigenvalue weighted by Crippen LogP contribution is -2.66. The number of ether oxygens (including phenoxy) is 1. The maximum atomic E-state index is 12.7. The van der Waals surface area contributed by atoms with Gasteiger partial charge in [0.05, 0.1) is 19.4 Å². The first kappa shape index (κ1) is 16.2. The highest BCUT2D eigenvalue weighted by Gasteiger charge is 2.52. The molecule has 10 nitrogen and oxygen atoms in total. The molecule has 5 unspecified atom stereocenters. The van der Waals surface area contributed by atoms with Gasteiger partial charge < -0.3 is 25.4 Å². The van der Waals surface area contributed by atoms with E-state index in [4.69, 9.17) is 4.74 Å². The summed E-state index contributed by atoms with van der Waals surface area (Å²) in [5.74, 6) is 0.148. The Labute approximate surface area is 139 Å². The standard InChI is InChI=1S/C14H23N5O5/c1-6-2-9(22)19-13(23)11-12(17-14(19)16-6)18(5-15-11)10-3-7(21)8(4-20)24-10/h6-12,15,20-22H,2-5H2,1H3,(H,16,17)/t6?,7?,8-,9?,10-,11?,12?/m1/s1. The fourth-order valence-corrected chi connectivity index (χ4v) is 3.85. The number of carbonyl (C=O) groups excluding carboxylic acids is 1. The lowest BCUT2D eigenvalue weighted by Gasteiger charge is -2.42. The number of hydrogen-bond acceptors (Lipinski definition) is 9. The topological polar surface area (TPSA) is 130 Å². The van der Waals surface area contributed by atoms with Gasteiger partial charge in [-0.15, -0.1) is 0 Å². The van der Waals surface area contributed by atoms with E-state index in [0.29, 0.717) is 25.5 Å². The van der Waals surface area contributed by atoms with Crippen LogP contribution in [0.3, 0.4) is 0 Å². The molecule has 7 atom stereocenters. The summed E-state index contributed by atoms with van der Waals surface area (Å²) in [6.45, 7) is 2.05. The predicted octanol–water partition coefficient (Wildman–Crippen LogP) is -3.09. The molecule has 134 valence electrons. The molecular weight excluding hydrogens is 318 g/mol. The lowest BCUT2D eigenvalue weighted by atomic mass is 10.1. The monoisotopic (exact) mass is 341 g/mol. The minimum atomic E-state index is -0.882. The second kappa shape index (κ2) is 5.90. The molecule has 24 heavy (non-hydrogen) atoms. The van der Waals surface area contributed by atoms with Crippen molar-refractivity contribution in [3.8, 4) is 0 Å². The van der Waals surface area contributed by atoms with Crippen LogP contribution in [0.5, 0.6) is 0 Å². The number of nitrogens with zero attached hydrogens (tertiary/aromatic N) is 3. The van der Waals surface area contributed by atoms with Crippen molar-refractivity contribution in [3.63, 3.8) is 0 Å². The normalized spacial score (nSPS) is 45.7. The number of aliphatic imine (C=N–C) groups is 1. The minimum absolute atomic E-state index is 0.0190. The number of aliphatic hydroxyl groups excluding tert-OH is 3. The van der Waals surface area contributed by atoms with Crippen molar-refractivity contribution in [2.45, 2.75) is 62.7 Å². The molecule has 5 N–H and O–H groups in total. The zero-order chi connectivity index (χ0) is 17.0. The summed E-state index contributed by atoms with van der Waals surface area (Å²) in [5, 5.41) is 35.6. The largest absolute Gasteiger partial charge is 0.394 e. The van der Waals surface area contributed by atoms with Crippen LogP contribution in [-0.4, -0.2) is 93.2 Å². The van der Waals surface area contributed by atoms with E-state index in [9.17, 15) is 20.1 Å². The van der Waals surface area contributed by atoms with Crippen LogP contribution in [0.4, 0.5) is 0 Å². The Balaban J connectivity index is 1.58. The van der Waals surface area contributed by atoms with Gasteiger partial charge in [0.1, 0.15) is 30.8 Å². The van der Waals surface area contributed by atoms with Gasteiger partial charge in [-0.1, -0.05) is 0 Å². The summed E-state index contributed by atoms with van der Waals surface area (Å²) in [7, 11) is 0. The Kier molecular flexibility index (Phi) is 3.98. The molecule has 1 amide bonds. The third-order valence-electron chi connectivity index (χ3n) is 5.11. The van der Waals surface area contributed by atoms with Crippen LogP contribution in [0.15, 0.2) is 4.99 Å². The van der Waals surface area contributed by atoms with Crippen LogP contribution in [-0.2, 0) is 9.53 Å². The summed E-state index contributed by atoms with van der Waals surface area (Å²) in [4.78, 5) is 20.5. The first-order valence-corrected chi connectivity index (χ1v) is 8.28. The zero-order valence-electron chi connectivity index (χ0n) is 13.4. The highest BCUT2D eigenvalue weighted by molar-refractivity contribution is 6.02. The molecule has 0 aromatic heterocycles. The lowest BCUT2D eigenvalue weighted by molar-refractivity contribution is -0.141. The van der Waals surface area contributed by atoms with Gasteiger partial charge in [-0.25, -0.2) is 9.89 Å². The number of aliphatic hydroxyl groups is 3. The van der Waals surface area contributed by atoms with Crippen molar-refractivity contribution < 1.29 is 24.9 Å². The van der Waals surface area contributed by atoms with Crippen molar-refractivity contribution in [3.05, 3.63) is 0 Å². The number of nitrogens with one attached hydrogen (secondary N) is 2. The van der Waals surface area contributed by atoms with Crippen LogP contribution >= 0.6 is 0 Å². The average Bonchev–Trinajstić information content (AvgIpc) is 3.09. The van der Waals surface area contributed by atoms with Gasteiger partial charge >= 0.3 is 0 Å². The highest BCUT2D eigenvalue weighted by atomic mass is 16.5. The van der Waals surface area contributed by atoms with Gasteiger partial charge in [-0.2, -0.15) is 0 Å². The third kappa shape index (κ3) is 2.41. The molecule has 4 rings (SSSR count). The quantitative estimate of drug-likeness (QED) is 0.357. The number of amides is 1. The summed E-state index contributed by atoms with van der Waals surface area (Å²) in [5.41, 5.74) is 0. The van der Waals surface area contributed by atoms with E-state index in [2.05, 4.69) is 15.6 Å². The third-order valence-corrected chi connectivity index (χ3v) is 5.11. The van der Waals surface area contributed by atoms with E-state index in [1.807, 2.05) is 11.8 Å². The van der Waals surface area contributed by atoms with Crippen molar-refractivity contribution in [2.75, 3.05) is 13.3 Å². The highest BCUT2D eigenvalue weighted by Crippen LogP contribution is 2.31. The van der Waals surface area contributed by atoms with E-state index in [-0.39, 0.29) is 18.6 Å². The zero-order valence-corrected chi connectivity index (χ0v) is 13.4. The van der Waals surface area contributed by atoms with E-state index in [1.54, 1.807) is 0 Å². The molecule has 0 aromatic carbocycles. The number of rotatable bonds is 2. The molecular formula is C14H23N5O5. The van der Waals surface area contributed by atoms with Crippen molar-refractivity contribution in [1.29, 1.82) is 0 Å². The predicted molar refractivity (Wildman–Crippen MR) is 81.3 cm³/mol. The summed E-state index contributed by atoms with van der Waals surface area (Å²) in [6.07, 6.45) is -2.33. The van der Waals surface area contributed by atoms with Crippen molar-refractivity contribution >= 4 is 11.9 Å². The van der Waals surface area contributed by atoms with Gasteiger partial charge in [0.2, 0.25) is 5.96 Å². The summed E-state index contributed by atoms with van der Waals surface area (Å²) < 4.78 is 5.69. The van der Waals surface area contributed by atoms with E-state index >= 15 is 0 Å². The fraction of sp³-hybridized carbons (Fsp3) is 0.857. The van der Waals surface area contributed by atoms with Gasteiger partial charge in [0.25, 0.3) is 5.91 Å². The first-order valence-electron chi connectivity index (χ1n) is 8.28. The van der Waals surface area contributed by atoms with Crippen LogP contribution in [0.25, 0.3) is 0 Å². The molecule has 3 saturated heterocycles. The molecule has 0 saturated carbocycles. The summed E-state index contributed by atoms with van der Waals surface area (Å²) in [6, 6.07) is -0.544. The Morgan fingerprint density at radius 1 is 1.38 bits per heavy atom. The Morgan fingerprint density at radius 2 is 2.17 bits per heavy atom. The van der Waals surface area contributed by atoms with E-state index in [0.717, 1.165) is 0 Å². The van der Waals surface area contributed by atoms with E-state index in [1.165, 1.54) is 4.90 Å². The van der Waals surface area contributed by atoms with Crippen molar-refractivity contribution in [2.24, 2.45) is 4.99 Å². The smallest absolute Gasteiger partial charge is 0.252 e. The molecule has 3 fully saturated rings. The molecule has 0 aliphatic carbocycles. The molecule has 4 aliphatic heterocycles. The van der Waals surface area contributed by atoms with Crippen LogP contribution in [0, 0.1) is 0 Å². The SMILES string of the molecule is CC1CC(O)N2C(=O)C3NCN([C@H]4CC(O)[C@@H](CO)O4)C3N=C2N1.